The zero-order valence-electron chi connectivity index (χ0n) is 16.2. The number of para-hydroxylation sites is 1. The van der Waals surface area contributed by atoms with Crippen LogP contribution < -0.4 is 11.0 Å². The Morgan fingerprint density at radius 2 is 2.07 bits per heavy atom. The van der Waals surface area contributed by atoms with E-state index in [1.165, 1.54) is 15.5 Å². The molecular weight excluding hydrogens is 372 g/mol. The molecule has 0 amide bonds. The van der Waals surface area contributed by atoms with E-state index in [0.717, 1.165) is 5.69 Å². The molecule has 0 saturated carbocycles. The highest BCUT2D eigenvalue weighted by Crippen LogP contribution is 2.30. The van der Waals surface area contributed by atoms with Gasteiger partial charge in [-0.2, -0.15) is 9.78 Å². The lowest BCUT2D eigenvalue weighted by Gasteiger charge is -2.15. The van der Waals surface area contributed by atoms with E-state index in [-0.39, 0.29) is 35.5 Å². The van der Waals surface area contributed by atoms with Crippen molar-refractivity contribution in [1.82, 2.24) is 24.8 Å². The molecule has 0 aliphatic carbocycles. The minimum atomic E-state index is -0.422. The Bertz CT molecular complexity index is 1140. The van der Waals surface area contributed by atoms with Gasteiger partial charge < -0.3 is 5.11 Å². The van der Waals surface area contributed by atoms with Gasteiger partial charge in [0.05, 0.1) is 24.0 Å². The topological polar surface area (TPSA) is 115 Å². The van der Waals surface area contributed by atoms with Crippen LogP contribution in [0, 0.1) is 19.4 Å². The third-order valence-corrected chi connectivity index (χ3v) is 4.19. The summed E-state index contributed by atoms with van der Waals surface area (Å²) < 4.78 is 2.66. The Morgan fingerprint density at radius 3 is 2.72 bits per heavy atom. The molecule has 10 heteroatoms. The first-order valence-electron chi connectivity index (χ1n) is 8.90. The molecule has 0 spiro atoms. The molecule has 0 unspecified atom stereocenters. The summed E-state index contributed by atoms with van der Waals surface area (Å²) >= 11 is 0. The molecule has 0 aliphatic rings. The van der Waals surface area contributed by atoms with Crippen LogP contribution in [0.1, 0.15) is 25.0 Å². The number of hydrazone groups is 1. The normalized spacial score (nSPS) is 11.1. The third kappa shape index (κ3) is 3.98. The minimum absolute atomic E-state index is 0.0285. The van der Waals surface area contributed by atoms with Gasteiger partial charge in [0.2, 0.25) is 5.69 Å². The van der Waals surface area contributed by atoms with Crippen LogP contribution in [0.2, 0.25) is 0 Å². The van der Waals surface area contributed by atoms with Gasteiger partial charge in [0.1, 0.15) is 0 Å². The predicted molar refractivity (Wildman–Crippen MR) is 109 cm³/mol. The number of nitrogens with one attached hydrogen (secondary N) is 1. The van der Waals surface area contributed by atoms with Crippen molar-refractivity contribution in [3.63, 3.8) is 0 Å². The summed E-state index contributed by atoms with van der Waals surface area (Å²) in [6.07, 6.45) is 1.31. The van der Waals surface area contributed by atoms with Crippen LogP contribution in [0.3, 0.4) is 0 Å². The fourth-order valence-electron chi connectivity index (χ4n) is 2.80. The van der Waals surface area contributed by atoms with E-state index in [4.69, 9.17) is 6.57 Å². The Balaban J connectivity index is 1.96. The van der Waals surface area contributed by atoms with E-state index in [9.17, 15) is 9.90 Å². The van der Waals surface area contributed by atoms with Gasteiger partial charge in [0.15, 0.2) is 5.88 Å². The second-order valence-corrected chi connectivity index (χ2v) is 6.75. The van der Waals surface area contributed by atoms with Crippen molar-refractivity contribution in [2.45, 2.75) is 27.3 Å². The monoisotopic (exact) mass is 392 g/mol. The second-order valence-electron chi connectivity index (χ2n) is 6.75. The molecule has 2 N–H and O–H groups in total. The average Bonchev–Trinajstić information content (AvgIpc) is 3.17. The number of rotatable bonds is 6. The highest BCUT2D eigenvalue weighted by Gasteiger charge is 2.19. The zero-order chi connectivity index (χ0) is 21.0. The van der Waals surface area contributed by atoms with Crippen molar-refractivity contribution in [3.05, 3.63) is 63.2 Å². The number of hydrogen-bond donors (Lipinski definition) is 2. The van der Waals surface area contributed by atoms with Crippen molar-refractivity contribution in [3.8, 4) is 11.6 Å². The van der Waals surface area contributed by atoms with Crippen LogP contribution in [0.25, 0.3) is 10.5 Å². The molecule has 0 aliphatic heterocycles. The molecule has 0 atom stereocenters. The number of pyridine rings is 1. The number of benzene rings is 1. The summed E-state index contributed by atoms with van der Waals surface area (Å²) in [5, 5.41) is 25.8. The van der Waals surface area contributed by atoms with Gasteiger partial charge in [-0.05, 0) is 41.0 Å². The van der Waals surface area contributed by atoms with Crippen LogP contribution >= 0.6 is 0 Å². The lowest BCUT2D eigenvalue weighted by atomic mass is 10.1. The molecule has 2 heterocycles. The third-order valence-electron chi connectivity index (χ3n) is 4.19. The smallest absolute Gasteiger partial charge is 0.268 e. The minimum Gasteiger partial charge on any atom is -0.503 e. The van der Waals surface area contributed by atoms with Crippen LogP contribution in [0.4, 0.5) is 11.6 Å². The number of nitrogens with zero attached hydrogens (tertiary/aromatic N) is 7. The van der Waals surface area contributed by atoms with E-state index in [1.807, 2.05) is 44.2 Å². The molecule has 2 aromatic heterocycles. The van der Waals surface area contributed by atoms with E-state index in [0.29, 0.717) is 5.56 Å². The standard InChI is InChI=1S/C19H20N8O2/c1-12(2)11-26-17(28)15(13(3)16(20-4)18(26)29)10-21-22-19-23-24-25-27(19)14-8-6-5-7-9-14/h5-10,12,29H,11H2,1-3H3,(H,22,23,25)/b21-10-. The Morgan fingerprint density at radius 1 is 1.34 bits per heavy atom. The maximum atomic E-state index is 12.8. The van der Waals surface area contributed by atoms with Crippen LogP contribution in [0.5, 0.6) is 5.88 Å². The van der Waals surface area contributed by atoms with Crippen molar-refractivity contribution < 1.29 is 5.11 Å². The molecule has 148 valence electrons. The predicted octanol–water partition coefficient (Wildman–Crippen LogP) is 2.49. The van der Waals surface area contributed by atoms with E-state index in [1.54, 1.807) is 6.92 Å². The quantitative estimate of drug-likeness (QED) is 0.378. The highest BCUT2D eigenvalue weighted by molar-refractivity contribution is 5.85. The van der Waals surface area contributed by atoms with Crippen molar-refractivity contribution in [2.75, 3.05) is 5.43 Å². The van der Waals surface area contributed by atoms with E-state index < -0.39 is 5.56 Å². The molecule has 3 rings (SSSR count). The van der Waals surface area contributed by atoms with Gasteiger partial charge in [-0.15, -0.1) is 0 Å². The van der Waals surface area contributed by atoms with Gasteiger partial charge >= 0.3 is 0 Å². The van der Waals surface area contributed by atoms with Crippen LogP contribution in [-0.4, -0.2) is 36.1 Å². The molecule has 0 saturated heterocycles. The molecule has 3 aromatic rings. The van der Waals surface area contributed by atoms with Crippen molar-refractivity contribution in [2.24, 2.45) is 11.0 Å². The first-order valence-corrected chi connectivity index (χ1v) is 8.90. The number of tetrazole rings is 1. The van der Waals surface area contributed by atoms with Crippen LogP contribution in [0.15, 0.2) is 40.2 Å². The maximum Gasteiger partial charge on any atom is 0.268 e. The Labute approximate surface area is 166 Å². The van der Waals surface area contributed by atoms with Crippen molar-refractivity contribution >= 4 is 17.9 Å². The molecule has 0 fully saturated rings. The highest BCUT2D eigenvalue weighted by atomic mass is 16.3. The average molecular weight is 392 g/mol. The first kappa shape index (κ1) is 19.8. The first-order chi connectivity index (χ1) is 13.9. The molecule has 1 aromatic carbocycles. The zero-order valence-corrected chi connectivity index (χ0v) is 16.2. The van der Waals surface area contributed by atoms with Crippen molar-refractivity contribution in [1.29, 1.82) is 0 Å². The van der Waals surface area contributed by atoms with Gasteiger partial charge in [0.25, 0.3) is 11.5 Å². The molecule has 10 nitrogen and oxygen atoms in total. The summed E-state index contributed by atoms with van der Waals surface area (Å²) in [6, 6.07) is 9.26. The lowest BCUT2D eigenvalue weighted by Crippen LogP contribution is -2.26. The summed E-state index contributed by atoms with van der Waals surface area (Å²) in [4.78, 5) is 16.2. The van der Waals surface area contributed by atoms with Gasteiger partial charge in [-0.1, -0.05) is 37.1 Å². The molecule has 0 radical (unpaired) electrons. The fraction of sp³-hybridized carbons (Fsp3) is 0.263. The largest absolute Gasteiger partial charge is 0.503 e. The molecule has 0 bridgehead atoms. The number of anilines is 1. The number of aromatic nitrogens is 5. The summed E-state index contributed by atoms with van der Waals surface area (Å²) in [5.74, 6) is 0.0458. The van der Waals surface area contributed by atoms with E-state index in [2.05, 4.69) is 30.9 Å². The van der Waals surface area contributed by atoms with Gasteiger partial charge in [-0.3, -0.25) is 9.36 Å². The van der Waals surface area contributed by atoms with Gasteiger partial charge in [0, 0.05) is 6.54 Å². The summed E-state index contributed by atoms with van der Waals surface area (Å²) in [6.45, 7) is 13.1. The number of aromatic hydroxyl groups is 1. The number of hydrogen-bond acceptors (Lipinski definition) is 7. The Hall–Kier alpha value is -4.00. The fourth-order valence-corrected chi connectivity index (χ4v) is 2.80. The SMILES string of the molecule is [C-]#[N+]c1c(C)c(/C=N\Nc2nnnn2-c2ccccc2)c(=O)n(CC(C)C)c1O. The molecular formula is C19H20N8O2. The second kappa shape index (κ2) is 8.35. The van der Waals surface area contributed by atoms with Gasteiger partial charge in [-0.25, -0.2) is 10.3 Å². The van der Waals surface area contributed by atoms with E-state index >= 15 is 0 Å². The maximum absolute atomic E-state index is 12.8. The molecule has 29 heavy (non-hydrogen) atoms. The summed E-state index contributed by atoms with van der Waals surface area (Å²) in [5.41, 5.74) is 3.63. The lowest BCUT2D eigenvalue weighted by molar-refractivity contribution is 0.385. The Kier molecular flexibility index (Phi) is 5.69. The van der Waals surface area contributed by atoms with Crippen LogP contribution in [-0.2, 0) is 6.54 Å². The summed E-state index contributed by atoms with van der Waals surface area (Å²) in [7, 11) is 0.